The van der Waals surface area contributed by atoms with Gasteiger partial charge in [-0.15, -0.1) is 0 Å². The average molecular weight is 204 g/mol. The molecule has 0 bridgehead atoms. The van der Waals surface area contributed by atoms with Crippen LogP contribution in [-0.4, -0.2) is 38.2 Å². The molecule has 1 unspecified atom stereocenters. The summed E-state index contributed by atoms with van der Waals surface area (Å²) in [5.74, 6) is 0. The van der Waals surface area contributed by atoms with Crippen LogP contribution in [0.5, 0.6) is 0 Å². The Morgan fingerprint density at radius 3 is 1.93 bits per heavy atom. The van der Waals surface area contributed by atoms with Gasteiger partial charge < -0.3 is 18.9 Å². The van der Waals surface area contributed by atoms with E-state index >= 15 is 0 Å². The minimum absolute atomic E-state index is 0.0486. The fraction of sp³-hybridized carbons (Fsp3) is 0.750. The highest BCUT2D eigenvalue weighted by atomic mass is 16.8. The lowest BCUT2D eigenvalue weighted by Gasteiger charge is -2.09. The van der Waals surface area contributed by atoms with Crippen molar-refractivity contribution >= 4 is 12.3 Å². The van der Waals surface area contributed by atoms with Crippen LogP contribution in [0.15, 0.2) is 0 Å². The van der Waals surface area contributed by atoms with Crippen LogP contribution in [0.25, 0.3) is 0 Å². The maximum absolute atomic E-state index is 10.0. The topological polar surface area (TPSA) is 71.1 Å². The molecule has 6 heteroatoms. The standard InChI is InChI=1S/2C4H6O3/c1-3-2-6-4(5)7-3;5-4-6-2-1-3-7-4/h3H,2H2,1H3;1-3H2. The van der Waals surface area contributed by atoms with Crippen LogP contribution in [0, 0.1) is 0 Å². The number of rotatable bonds is 0. The molecule has 0 aliphatic carbocycles. The van der Waals surface area contributed by atoms with E-state index in [1.54, 1.807) is 6.92 Å². The van der Waals surface area contributed by atoms with Crippen LogP contribution in [0.3, 0.4) is 0 Å². The first-order valence-corrected chi connectivity index (χ1v) is 4.31. The molecule has 6 nitrogen and oxygen atoms in total. The number of ether oxygens (including phenoxy) is 4. The molecule has 2 aliphatic rings. The largest absolute Gasteiger partial charge is 0.508 e. The van der Waals surface area contributed by atoms with Gasteiger partial charge in [-0.2, -0.15) is 0 Å². The van der Waals surface area contributed by atoms with Crippen LogP contribution >= 0.6 is 0 Å². The molecule has 2 heterocycles. The van der Waals surface area contributed by atoms with E-state index in [9.17, 15) is 9.59 Å². The van der Waals surface area contributed by atoms with Gasteiger partial charge >= 0.3 is 12.3 Å². The Hall–Kier alpha value is -1.46. The Morgan fingerprint density at radius 1 is 1.07 bits per heavy atom. The summed E-state index contributed by atoms with van der Waals surface area (Å²) in [4.78, 5) is 20.0. The van der Waals surface area contributed by atoms with Gasteiger partial charge in [-0.05, 0) is 6.92 Å². The van der Waals surface area contributed by atoms with Crippen molar-refractivity contribution in [3.63, 3.8) is 0 Å². The van der Waals surface area contributed by atoms with Gasteiger partial charge in [0.2, 0.25) is 0 Å². The quantitative estimate of drug-likeness (QED) is 0.550. The van der Waals surface area contributed by atoms with E-state index in [1.807, 2.05) is 0 Å². The van der Waals surface area contributed by atoms with Crippen molar-refractivity contribution in [3.05, 3.63) is 0 Å². The van der Waals surface area contributed by atoms with Gasteiger partial charge in [0.25, 0.3) is 0 Å². The molecule has 2 rings (SSSR count). The highest BCUT2D eigenvalue weighted by Gasteiger charge is 2.19. The summed E-state index contributed by atoms with van der Waals surface area (Å²) < 4.78 is 17.7. The number of hydrogen-bond donors (Lipinski definition) is 0. The summed E-state index contributed by atoms with van der Waals surface area (Å²) in [6.07, 6.45) is -0.308. The van der Waals surface area contributed by atoms with Crippen molar-refractivity contribution in [2.45, 2.75) is 19.4 Å². The number of carbonyl (C=O) groups is 2. The molecular weight excluding hydrogens is 192 g/mol. The predicted molar refractivity (Wildman–Crippen MR) is 43.8 cm³/mol. The van der Waals surface area contributed by atoms with Gasteiger partial charge in [0.1, 0.15) is 12.7 Å². The maximum Gasteiger partial charge on any atom is 0.508 e. The molecule has 2 fully saturated rings. The minimum Gasteiger partial charge on any atom is -0.434 e. The number of hydrogen-bond acceptors (Lipinski definition) is 6. The number of cyclic esters (lactones) is 4. The highest BCUT2D eigenvalue weighted by molar-refractivity contribution is 5.61. The van der Waals surface area contributed by atoms with Crippen LogP contribution in [0.2, 0.25) is 0 Å². The van der Waals surface area contributed by atoms with Gasteiger partial charge in [-0.25, -0.2) is 9.59 Å². The Kier molecular flexibility index (Phi) is 4.03. The van der Waals surface area contributed by atoms with Crippen molar-refractivity contribution in [1.29, 1.82) is 0 Å². The van der Waals surface area contributed by atoms with Gasteiger partial charge in [0.05, 0.1) is 13.2 Å². The second kappa shape index (κ2) is 5.31. The van der Waals surface area contributed by atoms with Crippen molar-refractivity contribution in [2.24, 2.45) is 0 Å². The summed E-state index contributed by atoms with van der Waals surface area (Å²) in [5, 5.41) is 0. The maximum atomic E-state index is 10.0. The molecule has 0 N–H and O–H groups in total. The molecule has 2 aliphatic heterocycles. The third-order valence-corrected chi connectivity index (χ3v) is 1.46. The lowest BCUT2D eigenvalue weighted by molar-refractivity contribution is 0.0192. The van der Waals surface area contributed by atoms with E-state index in [0.717, 1.165) is 6.42 Å². The Balaban J connectivity index is 0.000000140. The zero-order valence-corrected chi connectivity index (χ0v) is 7.86. The van der Waals surface area contributed by atoms with Crippen molar-refractivity contribution < 1.29 is 28.5 Å². The van der Waals surface area contributed by atoms with Gasteiger partial charge in [0, 0.05) is 6.42 Å². The minimum atomic E-state index is -0.549. The third-order valence-electron chi connectivity index (χ3n) is 1.46. The van der Waals surface area contributed by atoms with Gasteiger partial charge in [-0.1, -0.05) is 0 Å². The van der Waals surface area contributed by atoms with E-state index in [-0.39, 0.29) is 6.10 Å². The van der Waals surface area contributed by atoms with E-state index in [2.05, 4.69) is 18.9 Å². The summed E-state index contributed by atoms with van der Waals surface area (Å²) in [5.41, 5.74) is 0. The van der Waals surface area contributed by atoms with E-state index < -0.39 is 12.3 Å². The summed E-state index contributed by atoms with van der Waals surface area (Å²) >= 11 is 0. The molecule has 0 saturated carbocycles. The van der Waals surface area contributed by atoms with Crippen LogP contribution in [0.1, 0.15) is 13.3 Å². The van der Waals surface area contributed by atoms with Gasteiger partial charge in [0.15, 0.2) is 0 Å². The monoisotopic (exact) mass is 204 g/mol. The molecule has 14 heavy (non-hydrogen) atoms. The van der Waals surface area contributed by atoms with E-state index in [4.69, 9.17) is 0 Å². The molecule has 0 aromatic carbocycles. The van der Waals surface area contributed by atoms with Crippen LogP contribution < -0.4 is 0 Å². The number of carbonyl (C=O) groups excluding carboxylic acids is 2. The summed E-state index contributed by atoms with van der Waals surface area (Å²) in [6.45, 7) is 3.21. The fourth-order valence-corrected chi connectivity index (χ4v) is 0.829. The van der Waals surface area contributed by atoms with E-state index in [0.29, 0.717) is 19.8 Å². The third kappa shape index (κ3) is 3.97. The predicted octanol–water partition coefficient (Wildman–Crippen LogP) is 1.08. The molecule has 80 valence electrons. The first kappa shape index (κ1) is 10.6. The molecule has 2 saturated heterocycles. The smallest absolute Gasteiger partial charge is 0.434 e. The SMILES string of the molecule is CC1COC(=O)O1.O=C1OCCCO1. The molecule has 0 aromatic heterocycles. The Labute approximate surface area is 81.1 Å². The molecule has 0 aromatic rings. The summed E-state index contributed by atoms with van der Waals surface area (Å²) in [6, 6.07) is 0. The normalized spacial score (nSPS) is 24.8. The Bertz CT molecular complexity index is 198. The lowest BCUT2D eigenvalue weighted by Crippen LogP contribution is -2.16. The molecule has 1 atom stereocenters. The van der Waals surface area contributed by atoms with E-state index in [1.165, 1.54) is 0 Å². The fourth-order valence-electron chi connectivity index (χ4n) is 0.829. The van der Waals surface area contributed by atoms with Gasteiger partial charge in [-0.3, -0.25) is 0 Å². The summed E-state index contributed by atoms with van der Waals surface area (Å²) in [7, 11) is 0. The van der Waals surface area contributed by atoms with Crippen LogP contribution in [-0.2, 0) is 18.9 Å². The average Bonchev–Trinajstić information content (AvgIpc) is 2.52. The molecule has 0 spiro atoms. The molecule has 0 radical (unpaired) electrons. The first-order valence-electron chi connectivity index (χ1n) is 4.31. The second-order valence-electron chi connectivity index (χ2n) is 2.79. The zero-order valence-electron chi connectivity index (χ0n) is 7.86. The second-order valence-corrected chi connectivity index (χ2v) is 2.79. The Morgan fingerprint density at radius 2 is 1.71 bits per heavy atom. The van der Waals surface area contributed by atoms with Crippen molar-refractivity contribution in [2.75, 3.05) is 19.8 Å². The lowest BCUT2D eigenvalue weighted by atomic mass is 10.5. The molecular formula is C8H12O6. The zero-order chi connectivity index (χ0) is 10.4. The van der Waals surface area contributed by atoms with Crippen molar-refractivity contribution in [3.8, 4) is 0 Å². The highest BCUT2D eigenvalue weighted by Crippen LogP contribution is 2.02. The molecule has 0 amide bonds. The van der Waals surface area contributed by atoms with Crippen LogP contribution in [0.4, 0.5) is 9.59 Å². The van der Waals surface area contributed by atoms with Crippen molar-refractivity contribution in [1.82, 2.24) is 0 Å². The first-order chi connectivity index (χ1) is 6.68.